The normalized spacial score (nSPS) is 18.8. The van der Waals surface area contributed by atoms with Crippen molar-refractivity contribution in [1.82, 2.24) is 14.8 Å². The van der Waals surface area contributed by atoms with Gasteiger partial charge in [-0.3, -0.25) is 0 Å². The second kappa shape index (κ2) is 11.7. The molecule has 0 spiro atoms. The number of benzene rings is 2. The molecule has 2 atom stereocenters. The molecule has 43 heavy (non-hydrogen) atoms. The molecule has 1 aliphatic carbocycles. The van der Waals surface area contributed by atoms with E-state index in [2.05, 4.69) is 16.8 Å². The molecule has 0 radical (unpaired) electrons. The summed E-state index contributed by atoms with van der Waals surface area (Å²) >= 11 is 1.13. The summed E-state index contributed by atoms with van der Waals surface area (Å²) in [7, 11) is -2.36. The first kappa shape index (κ1) is 29.3. The summed E-state index contributed by atoms with van der Waals surface area (Å²) in [6.45, 7) is 0.405. The van der Waals surface area contributed by atoms with Crippen LogP contribution in [0.15, 0.2) is 46.7 Å². The minimum Gasteiger partial charge on any atom is -0.476 e. The molecule has 2 fully saturated rings. The molecule has 2 aromatic heterocycles. The maximum Gasteiger partial charge on any atom is 0.355 e. The molecule has 6 rings (SSSR count). The minimum absolute atomic E-state index is 0.0420. The molecule has 2 aromatic carbocycles. The van der Waals surface area contributed by atoms with Crippen LogP contribution >= 0.6 is 11.3 Å². The number of thiol groups is 1. The summed E-state index contributed by atoms with van der Waals surface area (Å²) in [5, 5.41) is 32.1. The lowest BCUT2D eigenvalue weighted by Gasteiger charge is -2.11. The van der Waals surface area contributed by atoms with E-state index in [4.69, 9.17) is 15.0 Å². The molecule has 2 aliphatic rings. The number of aliphatic hydroxyl groups is 1. The second-order valence-electron chi connectivity index (χ2n) is 10.7. The second-order valence-corrected chi connectivity index (χ2v) is 12.7. The molecular formula is C30H27F2N4O5S2+. The van der Waals surface area contributed by atoms with Crippen LogP contribution in [0.2, 0.25) is 0 Å². The third-order valence-electron chi connectivity index (χ3n) is 7.46. The lowest BCUT2D eigenvalue weighted by Crippen LogP contribution is -2.26. The first-order valence-electron chi connectivity index (χ1n) is 13.5. The first-order valence-corrected chi connectivity index (χ1v) is 15.7. The summed E-state index contributed by atoms with van der Waals surface area (Å²) in [4.78, 5) is 15.8. The van der Waals surface area contributed by atoms with Gasteiger partial charge in [-0.2, -0.15) is 5.10 Å². The van der Waals surface area contributed by atoms with E-state index in [9.17, 15) is 28.0 Å². The third kappa shape index (κ3) is 6.29. The van der Waals surface area contributed by atoms with Crippen LogP contribution in [0.4, 0.5) is 8.78 Å². The predicted molar refractivity (Wildman–Crippen MR) is 156 cm³/mol. The van der Waals surface area contributed by atoms with Crippen molar-refractivity contribution in [3.8, 4) is 28.2 Å². The zero-order valence-corrected chi connectivity index (χ0v) is 24.4. The molecular weight excluding hydrogens is 598 g/mol. The van der Waals surface area contributed by atoms with Crippen LogP contribution in [0.5, 0.6) is 0 Å². The van der Waals surface area contributed by atoms with Crippen molar-refractivity contribution >= 4 is 28.3 Å². The minimum atomic E-state index is -2.36. The fourth-order valence-electron chi connectivity index (χ4n) is 4.97. The van der Waals surface area contributed by atoms with E-state index >= 15 is 0 Å². The Balaban J connectivity index is 1.50. The van der Waals surface area contributed by atoms with Gasteiger partial charge in [0.1, 0.15) is 5.82 Å². The van der Waals surface area contributed by atoms with E-state index in [0.717, 1.165) is 35.4 Å². The third-order valence-corrected chi connectivity index (χ3v) is 9.12. The number of aromatic carboxylic acids is 1. The van der Waals surface area contributed by atoms with Gasteiger partial charge in [-0.25, -0.2) is 23.2 Å². The molecule has 2 unspecified atom stereocenters. The maximum atomic E-state index is 14.9. The van der Waals surface area contributed by atoms with E-state index in [1.54, 1.807) is 22.9 Å². The van der Waals surface area contributed by atoms with Crippen molar-refractivity contribution < 1.29 is 32.7 Å². The van der Waals surface area contributed by atoms with Crippen LogP contribution in [0.3, 0.4) is 0 Å². The smallest absolute Gasteiger partial charge is 0.355 e. The number of carbonyl (C=O) groups is 1. The molecule has 9 nitrogen and oxygen atoms in total. The molecule has 0 amide bonds. The fraction of sp³-hybridized carbons (Fsp3) is 0.300. The Morgan fingerprint density at radius 1 is 1.23 bits per heavy atom. The maximum absolute atomic E-state index is 14.9. The van der Waals surface area contributed by atoms with Crippen LogP contribution in [0.1, 0.15) is 52.1 Å². The van der Waals surface area contributed by atoms with Crippen LogP contribution < -0.4 is 5.14 Å². The number of rotatable bonds is 8. The van der Waals surface area contributed by atoms with Gasteiger partial charge in [0.05, 0.1) is 30.2 Å². The Bertz CT molecular complexity index is 1820. The Morgan fingerprint density at radius 2 is 2.05 bits per heavy atom. The average Bonchev–Trinajstić information content (AvgIpc) is 3.31. The van der Waals surface area contributed by atoms with Crippen molar-refractivity contribution in [3.63, 3.8) is 0 Å². The summed E-state index contributed by atoms with van der Waals surface area (Å²) in [6, 6.07) is 8.73. The zero-order chi connectivity index (χ0) is 30.3. The van der Waals surface area contributed by atoms with E-state index in [-0.39, 0.29) is 29.2 Å². The highest BCUT2D eigenvalue weighted by Crippen LogP contribution is 2.38. The number of aromatic nitrogens is 3. The lowest BCUT2D eigenvalue weighted by atomic mass is 9.96. The van der Waals surface area contributed by atoms with E-state index in [1.165, 1.54) is 23.6 Å². The number of thiazole rings is 1. The Labute approximate surface area is 251 Å². The summed E-state index contributed by atoms with van der Waals surface area (Å²) in [5.41, 5.74) is 1.69. The highest BCUT2D eigenvalue weighted by atomic mass is 32.2. The molecule has 1 saturated heterocycles. The molecule has 13 heteroatoms. The van der Waals surface area contributed by atoms with E-state index in [0.29, 0.717) is 47.3 Å². The number of ether oxygens (including phenoxy) is 1. The highest BCUT2D eigenvalue weighted by molar-refractivity contribution is 7.82. The first-order chi connectivity index (χ1) is 20.6. The number of halogens is 2. The number of nitrogens with two attached hydrogens (primary N) is 1. The number of carboxylic acid groups (broad SMARTS) is 1. The quantitative estimate of drug-likeness (QED) is 0.153. The summed E-state index contributed by atoms with van der Waals surface area (Å²) < 4.78 is 48.3. The van der Waals surface area contributed by atoms with Crippen molar-refractivity contribution in [3.05, 3.63) is 81.5 Å². The monoisotopic (exact) mass is 625 g/mol. The standard InChI is InChI=1S/C30H26F2N4O5S2/c31-22-5-4-20(14-19(22)7-8-30(39)9-10-41-16-30)27-21(11-18-3-6-26(43(33)40)23(32)12-18)25(13-17-1-2-17)36(35-27)29-34-24(15-42-29)28(37)38/h3-6,12,14-15,17,39H,1-2,9-11,13,16H2,(H2,33,40)(H,37,38)/p+1. The molecule has 3 heterocycles. The molecule has 0 bridgehead atoms. The van der Waals surface area contributed by atoms with Gasteiger partial charge in [0.15, 0.2) is 28.1 Å². The van der Waals surface area contributed by atoms with E-state index < -0.39 is 34.2 Å². The van der Waals surface area contributed by atoms with Crippen LogP contribution in [-0.4, -0.2) is 49.8 Å². The predicted octanol–water partition coefficient (Wildman–Crippen LogP) is 3.95. The lowest BCUT2D eigenvalue weighted by molar-refractivity contribution is 0.0691. The topological polar surface area (TPSA) is 141 Å². The van der Waals surface area contributed by atoms with Crippen molar-refractivity contribution in [2.45, 2.75) is 42.6 Å². The van der Waals surface area contributed by atoms with E-state index in [1.807, 2.05) is 0 Å². The number of hydrogen-bond donors (Lipinski definition) is 3. The van der Waals surface area contributed by atoms with Crippen LogP contribution in [0, 0.1) is 29.4 Å². The number of nitrogens with zero attached hydrogens (tertiary/aromatic N) is 3. The summed E-state index contributed by atoms with van der Waals surface area (Å²) in [5.74, 6) is 3.47. The van der Waals surface area contributed by atoms with Gasteiger partial charge in [-0.15, -0.1) is 16.5 Å². The van der Waals surface area contributed by atoms with Gasteiger partial charge in [-0.05, 0) is 61.1 Å². The molecule has 222 valence electrons. The van der Waals surface area contributed by atoms with Gasteiger partial charge >= 0.3 is 5.97 Å². The Morgan fingerprint density at radius 3 is 2.70 bits per heavy atom. The molecule has 1 saturated carbocycles. The number of carboxylic acids is 1. The van der Waals surface area contributed by atoms with Gasteiger partial charge in [0, 0.05) is 29.3 Å². The SMILES string of the molecule is N[SH+](=O)c1ccc(Cc2c(-c3ccc(F)c(C#CC4(O)CCOC4)c3)nn(-c3nc(C(=O)O)cs3)c2CC2CC2)cc1F. The van der Waals surface area contributed by atoms with Crippen LogP contribution in [-0.2, 0) is 32.8 Å². The average molecular weight is 626 g/mol. The summed E-state index contributed by atoms with van der Waals surface area (Å²) in [6.07, 6.45) is 3.21. The molecule has 4 aromatic rings. The van der Waals surface area contributed by atoms with Crippen molar-refractivity contribution in [2.75, 3.05) is 13.2 Å². The van der Waals surface area contributed by atoms with Crippen LogP contribution in [0.25, 0.3) is 16.4 Å². The molecule has 1 aliphatic heterocycles. The molecule has 4 N–H and O–H groups in total. The van der Waals surface area contributed by atoms with Gasteiger partial charge in [0.2, 0.25) is 10.0 Å². The fourth-order valence-corrected chi connectivity index (χ4v) is 6.24. The largest absolute Gasteiger partial charge is 0.476 e. The van der Waals surface area contributed by atoms with Gasteiger partial charge < -0.3 is 14.9 Å². The number of hydrogen-bond acceptors (Lipinski definition) is 7. The Hall–Kier alpha value is -3.80. The van der Waals surface area contributed by atoms with Gasteiger partial charge in [0.25, 0.3) is 0 Å². The Kier molecular flexibility index (Phi) is 7.97. The van der Waals surface area contributed by atoms with Crippen molar-refractivity contribution in [1.29, 1.82) is 0 Å². The van der Waals surface area contributed by atoms with Crippen molar-refractivity contribution in [2.24, 2.45) is 11.1 Å². The van der Waals surface area contributed by atoms with Gasteiger partial charge in [-0.1, -0.05) is 22.1 Å². The zero-order valence-electron chi connectivity index (χ0n) is 22.7. The highest BCUT2D eigenvalue weighted by Gasteiger charge is 2.31.